The number of alkyl halides is 3. The number of nitrogens with zero attached hydrogens (tertiary/aromatic N) is 1. The average Bonchev–Trinajstić information content (AvgIpc) is 2.73. The summed E-state index contributed by atoms with van der Waals surface area (Å²) in [6.45, 7) is -0.411. The molecule has 168 valence electrons. The Labute approximate surface area is 175 Å². The van der Waals surface area contributed by atoms with E-state index in [1.54, 1.807) is 0 Å². The monoisotopic (exact) mass is 463 g/mol. The minimum Gasteiger partial charge on any atom is -0.461 e. The molecule has 1 fully saturated rings. The first-order valence-corrected chi connectivity index (χ1v) is 10.7. The quantitative estimate of drug-likeness (QED) is 0.494. The van der Waals surface area contributed by atoms with Gasteiger partial charge in [0.25, 0.3) is 0 Å². The molecule has 0 aromatic heterocycles. The number of hydrogen-bond acceptors (Lipinski definition) is 4. The lowest BCUT2D eigenvalue weighted by molar-refractivity contribution is -0.151. The number of esters is 1. The van der Waals surface area contributed by atoms with Crippen LogP contribution in [-0.2, 0) is 32.3 Å². The van der Waals surface area contributed by atoms with Gasteiger partial charge in [-0.05, 0) is 48.7 Å². The van der Waals surface area contributed by atoms with Crippen molar-refractivity contribution in [3.05, 3.63) is 65.2 Å². The van der Waals surface area contributed by atoms with Gasteiger partial charge in [-0.3, -0.25) is 4.79 Å². The smallest absolute Gasteiger partial charge is 0.416 e. The fraction of sp³-hybridized carbons (Fsp3) is 0.350. The summed E-state index contributed by atoms with van der Waals surface area (Å²) in [4.78, 5) is 11.9. The molecular weight excluding hydrogens is 445 g/mol. The van der Waals surface area contributed by atoms with Crippen molar-refractivity contribution in [1.29, 1.82) is 0 Å². The van der Waals surface area contributed by atoms with E-state index in [9.17, 15) is 35.2 Å². The van der Waals surface area contributed by atoms with Crippen molar-refractivity contribution in [2.45, 2.75) is 30.5 Å². The molecule has 5 nitrogen and oxygen atoms in total. The maximum atomic E-state index is 13.4. The van der Waals surface area contributed by atoms with Gasteiger partial charge in [-0.2, -0.15) is 17.5 Å². The maximum Gasteiger partial charge on any atom is 0.416 e. The zero-order valence-electron chi connectivity index (χ0n) is 16.0. The molecule has 2 aromatic rings. The minimum atomic E-state index is -4.51. The number of hydrogen-bond donors (Lipinski definition) is 0. The zero-order valence-corrected chi connectivity index (χ0v) is 16.8. The van der Waals surface area contributed by atoms with E-state index < -0.39 is 50.2 Å². The predicted molar refractivity (Wildman–Crippen MR) is 99.1 cm³/mol. The van der Waals surface area contributed by atoms with Gasteiger partial charge in [0.2, 0.25) is 10.0 Å². The Hall–Kier alpha value is -2.53. The van der Waals surface area contributed by atoms with Gasteiger partial charge < -0.3 is 4.74 Å². The van der Waals surface area contributed by atoms with Crippen molar-refractivity contribution in [3.8, 4) is 0 Å². The molecule has 1 heterocycles. The van der Waals surface area contributed by atoms with Gasteiger partial charge in [0, 0.05) is 13.1 Å². The first-order chi connectivity index (χ1) is 14.5. The fourth-order valence-corrected chi connectivity index (χ4v) is 4.71. The van der Waals surface area contributed by atoms with E-state index in [-0.39, 0.29) is 38.1 Å². The first kappa shape index (κ1) is 23.1. The van der Waals surface area contributed by atoms with Crippen LogP contribution in [0.1, 0.15) is 24.0 Å². The van der Waals surface area contributed by atoms with Crippen LogP contribution in [0.2, 0.25) is 0 Å². The third kappa shape index (κ3) is 5.40. The van der Waals surface area contributed by atoms with Crippen molar-refractivity contribution >= 4 is 16.0 Å². The largest absolute Gasteiger partial charge is 0.461 e. The van der Waals surface area contributed by atoms with E-state index in [2.05, 4.69) is 0 Å². The Kier molecular flexibility index (Phi) is 6.65. The third-order valence-corrected chi connectivity index (χ3v) is 6.85. The number of halogens is 5. The highest BCUT2D eigenvalue weighted by Crippen LogP contribution is 2.30. The minimum absolute atomic E-state index is 0.0370. The standard InChI is InChI=1S/C20H18F5NO4S/c21-17-5-4-16(11-18(17)22)31(28,29)26-8-6-14(7-9-26)19(27)30-12-13-2-1-3-15(10-13)20(23,24)25/h1-5,10-11,14H,6-9,12H2. The second kappa shape index (κ2) is 8.91. The summed E-state index contributed by atoms with van der Waals surface area (Å²) in [5.41, 5.74) is -0.668. The molecule has 2 aromatic carbocycles. The number of carbonyl (C=O) groups excluding carboxylic acids is 1. The highest BCUT2D eigenvalue weighted by Gasteiger charge is 2.33. The zero-order chi connectivity index (χ0) is 22.8. The normalized spacial score (nSPS) is 16.3. The molecule has 0 aliphatic carbocycles. The van der Waals surface area contributed by atoms with Crippen molar-refractivity contribution in [2.75, 3.05) is 13.1 Å². The highest BCUT2D eigenvalue weighted by atomic mass is 32.2. The van der Waals surface area contributed by atoms with Gasteiger partial charge in [-0.25, -0.2) is 17.2 Å². The first-order valence-electron chi connectivity index (χ1n) is 9.26. The molecule has 0 unspecified atom stereocenters. The summed E-state index contributed by atoms with van der Waals surface area (Å²) in [5, 5.41) is 0. The van der Waals surface area contributed by atoms with E-state index in [0.717, 1.165) is 28.6 Å². The number of benzene rings is 2. The number of piperidine rings is 1. The Bertz CT molecular complexity index is 1060. The van der Waals surface area contributed by atoms with Gasteiger partial charge in [0.05, 0.1) is 16.4 Å². The Balaban J connectivity index is 1.57. The highest BCUT2D eigenvalue weighted by molar-refractivity contribution is 7.89. The maximum absolute atomic E-state index is 13.4. The van der Waals surface area contributed by atoms with Crippen LogP contribution in [0.4, 0.5) is 22.0 Å². The van der Waals surface area contributed by atoms with Crippen molar-refractivity contribution < 1.29 is 39.9 Å². The summed E-state index contributed by atoms with van der Waals surface area (Å²) in [5.74, 6) is -3.71. The molecule has 1 aliphatic heterocycles. The molecule has 1 saturated heterocycles. The van der Waals surface area contributed by atoms with Gasteiger partial charge in [0.15, 0.2) is 11.6 Å². The van der Waals surface area contributed by atoms with Crippen LogP contribution < -0.4 is 0 Å². The van der Waals surface area contributed by atoms with Crippen molar-refractivity contribution in [3.63, 3.8) is 0 Å². The van der Waals surface area contributed by atoms with Crippen LogP contribution in [0.25, 0.3) is 0 Å². The fourth-order valence-electron chi connectivity index (χ4n) is 3.23. The van der Waals surface area contributed by atoms with Gasteiger partial charge in [-0.15, -0.1) is 0 Å². The van der Waals surface area contributed by atoms with Crippen molar-refractivity contribution in [1.82, 2.24) is 4.31 Å². The molecule has 0 N–H and O–H groups in total. The lowest BCUT2D eigenvalue weighted by Crippen LogP contribution is -2.40. The molecule has 3 rings (SSSR count). The van der Waals surface area contributed by atoms with Gasteiger partial charge in [-0.1, -0.05) is 12.1 Å². The molecule has 31 heavy (non-hydrogen) atoms. The molecule has 1 aliphatic rings. The summed E-state index contributed by atoms with van der Waals surface area (Å²) < 4.78 is 96.0. The topological polar surface area (TPSA) is 63.7 Å². The lowest BCUT2D eigenvalue weighted by Gasteiger charge is -2.30. The Morgan fingerprint density at radius 3 is 2.32 bits per heavy atom. The van der Waals surface area contributed by atoms with Gasteiger partial charge in [0.1, 0.15) is 6.61 Å². The van der Waals surface area contributed by atoms with Crippen molar-refractivity contribution in [2.24, 2.45) is 5.92 Å². The van der Waals surface area contributed by atoms with Crippen LogP contribution in [0, 0.1) is 17.6 Å². The summed E-state index contributed by atoms with van der Waals surface area (Å²) in [6.07, 6.45) is -4.25. The molecule has 0 amide bonds. The summed E-state index contributed by atoms with van der Waals surface area (Å²) in [7, 11) is -4.06. The molecule has 0 atom stereocenters. The molecule has 0 spiro atoms. The molecule has 0 bridgehead atoms. The van der Waals surface area contributed by atoms with E-state index in [1.165, 1.54) is 12.1 Å². The van der Waals surface area contributed by atoms with Crippen LogP contribution in [-0.4, -0.2) is 31.8 Å². The number of sulfonamides is 1. The SMILES string of the molecule is O=C(OCc1cccc(C(F)(F)F)c1)C1CCN(S(=O)(=O)c2ccc(F)c(F)c2)CC1. The third-order valence-electron chi connectivity index (χ3n) is 4.95. The predicted octanol–water partition coefficient (Wildman–Crippen LogP) is 4.13. The second-order valence-corrected chi connectivity index (χ2v) is 9.00. The Morgan fingerprint density at radius 1 is 1.03 bits per heavy atom. The summed E-state index contributed by atoms with van der Waals surface area (Å²) in [6, 6.07) is 6.70. The van der Waals surface area contributed by atoms with E-state index in [4.69, 9.17) is 4.74 Å². The van der Waals surface area contributed by atoms with Crippen LogP contribution in [0.15, 0.2) is 47.4 Å². The second-order valence-electron chi connectivity index (χ2n) is 7.06. The molecule has 11 heteroatoms. The molecule has 0 saturated carbocycles. The van der Waals surface area contributed by atoms with Gasteiger partial charge >= 0.3 is 12.1 Å². The van der Waals surface area contributed by atoms with Crippen LogP contribution >= 0.6 is 0 Å². The van der Waals surface area contributed by atoms with E-state index in [0.29, 0.717) is 6.07 Å². The van der Waals surface area contributed by atoms with E-state index in [1.807, 2.05) is 0 Å². The average molecular weight is 463 g/mol. The Morgan fingerprint density at radius 2 is 1.71 bits per heavy atom. The van der Waals surface area contributed by atoms with E-state index >= 15 is 0 Å². The lowest BCUT2D eigenvalue weighted by atomic mass is 9.98. The van der Waals surface area contributed by atoms with Crippen LogP contribution in [0.5, 0.6) is 0 Å². The number of rotatable bonds is 5. The molecule has 0 radical (unpaired) electrons. The van der Waals surface area contributed by atoms with Crippen LogP contribution in [0.3, 0.4) is 0 Å². The number of ether oxygens (including phenoxy) is 1. The molecular formula is C20H18F5NO4S. The summed E-state index contributed by atoms with van der Waals surface area (Å²) >= 11 is 0. The number of carbonyl (C=O) groups is 1.